The van der Waals surface area contributed by atoms with Gasteiger partial charge in [0.25, 0.3) is 0 Å². The molecule has 0 fully saturated rings. The summed E-state index contributed by atoms with van der Waals surface area (Å²) in [6, 6.07) is 18.0. The number of hydrogen-bond donors (Lipinski definition) is 1. The molecule has 0 saturated carbocycles. The van der Waals surface area contributed by atoms with Gasteiger partial charge >= 0.3 is 0 Å². The number of nitrogen functional groups attached to an aromatic ring is 1. The first kappa shape index (κ1) is 12.2. The molecule has 0 saturated heterocycles. The smallest absolute Gasteiger partial charge is 0.230 e. The lowest BCUT2D eigenvalue weighted by atomic mass is 10.0. The molecule has 3 nitrogen and oxygen atoms in total. The molecule has 0 spiro atoms. The van der Waals surface area contributed by atoms with Crippen molar-refractivity contribution in [3.8, 4) is 22.4 Å². The maximum absolute atomic E-state index is 5.91. The molecule has 4 heteroatoms. The quantitative estimate of drug-likeness (QED) is 0.696. The summed E-state index contributed by atoms with van der Waals surface area (Å²) in [5.74, 6) is 0.347. The summed E-state index contributed by atoms with van der Waals surface area (Å²) < 4.78 is 6.34. The minimum atomic E-state index is 0.347. The highest BCUT2D eigenvalue weighted by Crippen LogP contribution is 2.35. The average Bonchev–Trinajstić information content (AvgIpc) is 2.82. The number of nitrogens with zero attached hydrogens (tertiary/aromatic N) is 1. The zero-order valence-electron chi connectivity index (χ0n) is 10.0. The Hall–Kier alpha value is -1.82. The van der Waals surface area contributed by atoms with Crippen LogP contribution in [-0.4, -0.2) is 5.16 Å². The fraction of sp³-hybridized carbons (Fsp3) is 0. The van der Waals surface area contributed by atoms with Crippen LogP contribution in [0.15, 0.2) is 59.1 Å². The second kappa shape index (κ2) is 5.05. The Kier molecular flexibility index (Phi) is 3.25. The maximum Gasteiger partial charge on any atom is 0.230 e. The molecular weight excluding hydrogens is 351 g/mol. The minimum absolute atomic E-state index is 0.347. The van der Waals surface area contributed by atoms with Crippen LogP contribution in [0, 0.1) is 3.57 Å². The summed E-state index contributed by atoms with van der Waals surface area (Å²) in [5.41, 5.74) is 9.55. The van der Waals surface area contributed by atoms with E-state index in [1.807, 2.05) is 54.6 Å². The summed E-state index contributed by atoms with van der Waals surface area (Å²) >= 11 is 2.27. The number of rotatable bonds is 2. The van der Waals surface area contributed by atoms with Gasteiger partial charge in [-0.25, -0.2) is 0 Å². The van der Waals surface area contributed by atoms with Crippen molar-refractivity contribution in [1.29, 1.82) is 0 Å². The van der Waals surface area contributed by atoms with Crippen LogP contribution in [-0.2, 0) is 0 Å². The van der Waals surface area contributed by atoms with Crippen LogP contribution >= 0.6 is 22.6 Å². The minimum Gasteiger partial charge on any atom is -0.367 e. The predicted octanol–water partition coefficient (Wildman–Crippen LogP) is 4.20. The van der Waals surface area contributed by atoms with E-state index in [1.54, 1.807) is 0 Å². The Morgan fingerprint density at radius 2 is 1.58 bits per heavy atom. The van der Waals surface area contributed by atoms with Gasteiger partial charge in [0.05, 0.1) is 5.56 Å². The summed E-state index contributed by atoms with van der Waals surface area (Å²) in [7, 11) is 0. The first-order valence-corrected chi connectivity index (χ1v) is 6.90. The van der Waals surface area contributed by atoms with Crippen LogP contribution in [0.1, 0.15) is 0 Å². The third-order valence-electron chi connectivity index (χ3n) is 2.90. The van der Waals surface area contributed by atoms with E-state index in [1.165, 1.54) is 3.57 Å². The lowest BCUT2D eigenvalue weighted by Crippen LogP contribution is -1.87. The van der Waals surface area contributed by atoms with Gasteiger partial charge < -0.3 is 10.3 Å². The Bertz CT molecular complexity index is 690. The van der Waals surface area contributed by atoms with Crippen LogP contribution in [0.3, 0.4) is 0 Å². The summed E-state index contributed by atoms with van der Waals surface area (Å²) in [5, 5.41) is 4.09. The van der Waals surface area contributed by atoms with Crippen LogP contribution in [0.4, 0.5) is 5.88 Å². The molecule has 0 aliphatic heterocycles. The predicted molar refractivity (Wildman–Crippen MR) is 84.5 cm³/mol. The molecule has 0 unspecified atom stereocenters. The van der Waals surface area contributed by atoms with Crippen LogP contribution in [0.2, 0.25) is 0 Å². The first-order chi connectivity index (χ1) is 9.25. The van der Waals surface area contributed by atoms with Crippen molar-refractivity contribution < 1.29 is 4.52 Å². The Morgan fingerprint density at radius 1 is 0.895 bits per heavy atom. The molecule has 3 rings (SSSR count). The summed E-state index contributed by atoms with van der Waals surface area (Å²) in [6.07, 6.45) is 0. The summed E-state index contributed by atoms with van der Waals surface area (Å²) in [6.45, 7) is 0. The Labute approximate surface area is 124 Å². The number of hydrogen-bond acceptors (Lipinski definition) is 3. The number of anilines is 1. The molecule has 0 amide bonds. The van der Waals surface area contributed by atoms with Crippen molar-refractivity contribution in [2.24, 2.45) is 0 Å². The second-order valence-electron chi connectivity index (χ2n) is 4.14. The fourth-order valence-electron chi connectivity index (χ4n) is 1.99. The highest BCUT2D eigenvalue weighted by atomic mass is 127. The molecule has 1 heterocycles. The monoisotopic (exact) mass is 362 g/mol. The van der Waals surface area contributed by atoms with E-state index in [0.29, 0.717) is 5.88 Å². The van der Waals surface area contributed by atoms with Crippen molar-refractivity contribution in [2.75, 3.05) is 5.73 Å². The highest BCUT2D eigenvalue weighted by Gasteiger charge is 2.16. The third kappa shape index (κ3) is 2.35. The number of nitrogens with two attached hydrogens (primary N) is 1. The molecule has 0 atom stereocenters. The first-order valence-electron chi connectivity index (χ1n) is 5.82. The standard InChI is InChI=1S/C15H11IN2O/c16-12-8-6-11(7-9-12)14-13(15(17)19-18-14)10-4-2-1-3-5-10/h1-9H,17H2. The average molecular weight is 362 g/mol. The van der Waals surface area contributed by atoms with E-state index in [2.05, 4.69) is 27.7 Å². The van der Waals surface area contributed by atoms with Gasteiger partial charge in [-0.15, -0.1) is 0 Å². The molecule has 1 aromatic heterocycles. The van der Waals surface area contributed by atoms with Crippen molar-refractivity contribution >= 4 is 28.5 Å². The fourth-order valence-corrected chi connectivity index (χ4v) is 2.35. The Balaban J connectivity index is 2.16. The van der Waals surface area contributed by atoms with E-state index in [-0.39, 0.29) is 0 Å². The zero-order chi connectivity index (χ0) is 13.2. The van der Waals surface area contributed by atoms with Gasteiger partial charge in [-0.1, -0.05) is 47.6 Å². The number of benzene rings is 2. The van der Waals surface area contributed by atoms with Crippen LogP contribution in [0.25, 0.3) is 22.4 Å². The van der Waals surface area contributed by atoms with Crippen molar-refractivity contribution in [2.45, 2.75) is 0 Å². The molecule has 19 heavy (non-hydrogen) atoms. The topological polar surface area (TPSA) is 52.0 Å². The third-order valence-corrected chi connectivity index (χ3v) is 3.62. The molecule has 3 aromatic rings. The summed E-state index contributed by atoms with van der Waals surface area (Å²) in [4.78, 5) is 0. The SMILES string of the molecule is Nc1onc(-c2ccc(I)cc2)c1-c1ccccc1. The zero-order valence-corrected chi connectivity index (χ0v) is 12.2. The van der Waals surface area contributed by atoms with Crippen molar-refractivity contribution in [1.82, 2.24) is 5.16 Å². The van der Waals surface area contributed by atoms with Gasteiger partial charge in [-0.2, -0.15) is 0 Å². The molecule has 0 aliphatic rings. The molecule has 0 radical (unpaired) electrons. The van der Waals surface area contributed by atoms with E-state index >= 15 is 0 Å². The van der Waals surface area contributed by atoms with Gasteiger partial charge in [0, 0.05) is 9.13 Å². The van der Waals surface area contributed by atoms with E-state index in [9.17, 15) is 0 Å². The molecule has 2 aromatic carbocycles. The second-order valence-corrected chi connectivity index (χ2v) is 5.39. The lowest BCUT2D eigenvalue weighted by molar-refractivity contribution is 0.439. The van der Waals surface area contributed by atoms with Gasteiger partial charge in [0.15, 0.2) is 0 Å². The van der Waals surface area contributed by atoms with Crippen LogP contribution in [0.5, 0.6) is 0 Å². The van der Waals surface area contributed by atoms with E-state index in [0.717, 1.165) is 22.4 Å². The lowest BCUT2D eigenvalue weighted by Gasteiger charge is -2.02. The van der Waals surface area contributed by atoms with Gasteiger partial charge in [-0.05, 0) is 40.3 Å². The van der Waals surface area contributed by atoms with Gasteiger partial charge in [0.1, 0.15) is 5.69 Å². The normalized spacial score (nSPS) is 10.6. The highest BCUT2D eigenvalue weighted by molar-refractivity contribution is 14.1. The number of halogens is 1. The maximum atomic E-state index is 5.91. The Morgan fingerprint density at radius 3 is 2.26 bits per heavy atom. The van der Waals surface area contributed by atoms with E-state index in [4.69, 9.17) is 10.3 Å². The molecule has 2 N–H and O–H groups in total. The largest absolute Gasteiger partial charge is 0.367 e. The molecule has 0 aliphatic carbocycles. The molecule has 0 bridgehead atoms. The van der Waals surface area contributed by atoms with Gasteiger partial charge in [0.2, 0.25) is 5.88 Å². The van der Waals surface area contributed by atoms with Gasteiger partial charge in [-0.3, -0.25) is 0 Å². The number of aromatic nitrogens is 1. The molecular formula is C15H11IN2O. The van der Waals surface area contributed by atoms with E-state index < -0.39 is 0 Å². The van der Waals surface area contributed by atoms with Crippen molar-refractivity contribution in [3.63, 3.8) is 0 Å². The molecule has 94 valence electrons. The van der Waals surface area contributed by atoms with Crippen LogP contribution < -0.4 is 5.73 Å². The van der Waals surface area contributed by atoms with Crippen molar-refractivity contribution in [3.05, 3.63) is 58.2 Å².